The van der Waals surface area contributed by atoms with Gasteiger partial charge in [0.25, 0.3) is 5.91 Å². The largest absolute Gasteiger partial charge is 0.390 e. The molecule has 0 aromatic carbocycles. The van der Waals surface area contributed by atoms with Crippen LogP contribution in [0.25, 0.3) is 0 Å². The van der Waals surface area contributed by atoms with Gasteiger partial charge in [0.05, 0.1) is 36.7 Å². The quantitative estimate of drug-likeness (QED) is 0.848. The van der Waals surface area contributed by atoms with Crippen molar-refractivity contribution in [2.45, 2.75) is 71.3 Å². The van der Waals surface area contributed by atoms with Crippen molar-refractivity contribution in [2.75, 3.05) is 26.8 Å². The highest BCUT2D eigenvalue weighted by atomic mass is 16.5. The number of likely N-dealkylation sites (tertiary alicyclic amines) is 1. The third-order valence-electron chi connectivity index (χ3n) is 5.89. The molecule has 2 aliphatic heterocycles. The summed E-state index contributed by atoms with van der Waals surface area (Å²) >= 11 is 0. The first kappa shape index (κ1) is 20.3. The Morgan fingerprint density at radius 1 is 1.33 bits per heavy atom. The van der Waals surface area contributed by atoms with Crippen molar-refractivity contribution >= 4 is 5.91 Å². The molecule has 3 rings (SSSR count). The molecule has 27 heavy (non-hydrogen) atoms. The van der Waals surface area contributed by atoms with Crippen molar-refractivity contribution in [3.63, 3.8) is 0 Å². The number of ether oxygens (including phenoxy) is 2. The van der Waals surface area contributed by atoms with Gasteiger partial charge in [-0.25, -0.2) is 0 Å². The van der Waals surface area contributed by atoms with E-state index in [1.54, 1.807) is 11.8 Å². The molecule has 2 aliphatic rings. The molecule has 1 N–H and O–H groups in total. The molecule has 152 valence electrons. The topological polar surface area (TPSA) is 76.8 Å². The molecule has 1 aromatic heterocycles. The summed E-state index contributed by atoms with van der Waals surface area (Å²) in [6.45, 7) is 10.1. The zero-order chi connectivity index (χ0) is 19.8. The smallest absolute Gasteiger partial charge is 0.272 e. The molecule has 0 bridgehead atoms. The second kappa shape index (κ2) is 7.89. The summed E-state index contributed by atoms with van der Waals surface area (Å²) in [5.74, 6) is 0.262. The first-order valence-corrected chi connectivity index (χ1v) is 9.98. The van der Waals surface area contributed by atoms with Crippen LogP contribution in [0, 0.1) is 5.92 Å². The van der Waals surface area contributed by atoms with Crippen LogP contribution in [-0.2, 0) is 22.4 Å². The molecule has 1 amide bonds. The van der Waals surface area contributed by atoms with Gasteiger partial charge in [-0.1, -0.05) is 0 Å². The normalized spacial score (nSPS) is 24.1. The fourth-order valence-electron chi connectivity index (χ4n) is 4.31. The number of hydrogen-bond donors (Lipinski definition) is 1. The average molecular weight is 380 g/mol. The Morgan fingerprint density at radius 2 is 2.00 bits per heavy atom. The maximum absolute atomic E-state index is 13.4. The lowest BCUT2D eigenvalue weighted by atomic mass is 9.83. The van der Waals surface area contributed by atoms with E-state index in [1.807, 2.05) is 32.6 Å². The van der Waals surface area contributed by atoms with Gasteiger partial charge in [-0.3, -0.25) is 9.48 Å². The number of amides is 1. The Balaban J connectivity index is 1.85. The van der Waals surface area contributed by atoms with Crippen molar-refractivity contribution in [1.82, 2.24) is 14.7 Å². The van der Waals surface area contributed by atoms with Gasteiger partial charge in [-0.05, 0) is 46.5 Å². The second-order valence-corrected chi connectivity index (χ2v) is 8.44. The average Bonchev–Trinajstić information content (AvgIpc) is 2.97. The van der Waals surface area contributed by atoms with Crippen LogP contribution in [0.2, 0.25) is 0 Å². The molecule has 0 unspecified atom stereocenters. The van der Waals surface area contributed by atoms with E-state index in [1.165, 1.54) is 0 Å². The fraction of sp³-hybridized carbons (Fsp3) is 0.800. The van der Waals surface area contributed by atoms with Crippen molar-refractivity contribution in [3.8, 4) is 0 Å². The van der Waals surface area contributed by atoms with Crippen LogP contribution in [0.4, 0.5) is 0 Å². The summed E-state index contributed by atoms with van der Waals surface area (Å²) in [6.07, 6.45) is 2.30. The zero-order valence-electron chi connectivity index (χ0n) is 17.2. The minimum Gasteiger partial charge on any atom is -0.390 e. The van der Waals surface area contributed by atoms with Gasteiger partial charge in [0, 0.05) is 32.2 Å². The minimum atomic E-state index is -0.698. The van der Waals surface area contributed by atoms with Gasteiger partial charge in [-0.2, -0.15) is 5.10 Å². The molecule has 1 fully saturated rings. The number of carbonyl (C=O) groups excluding carboxylic acids is 1. The van der Waals surface area contributed by atoms with Crippen molar-refractivity contribution in [3.05, 3.63) is 17.0 Å². The molecule has 2 atom stereocenters. The highest BCUT2D eigenvalue weighted by Gasteiger charge is 2.36. The van der Waals surface area contributed by atoms with E-state index in [4.69, 9.17) is 14.6 Å². The molecular formula is C20H33N3O4. The maximum atomic E-state index is 13.4. The Hall–Kier alpha value is -1.44. The molecule has 0 radical (unpaired) electrons. The highest BCUT2D eigenvalue weighted by Crippen LogP contribution is 2.33. The van der Waals surface area contributed by atoms with Crippen molar-refractivity contribution in [1.29, 1.82) is 0 Å². The van der Waals surface area contributed by atoms with E-state index < -0.39 is 5.60 Å². The molecule has 1 saturated heterocycles. The van der Waals surface area contributed by atoms with E-state index >= 15 is 0 Å². The summed E-state index contributed by atoms with van der Waals surface area (Å²) < 4.78 is 12.9. The second-order valence-electron chi connectivity index (χ2n) is 8.44. The molecule has 0 saturated carbocycles. The van der Waals surface area contributed by atoms with E-state index in [0.29, 0.717) is 38.4 Å². The maximum Gasteiger partial charge on any atom is 0.272 e. The number of piperidine rings is 1. The SMILES string of the molecule is COCCn1nc2c(c1C(=O)N1CCC(C(C)(C)O)CC1)C[C@H](C)O[C@@H]2C. The molecule has 3 heterocycles. The van der Waals surface area contributed by atoms with Crippen LogP contribution in [-0.4, -0.2) is 64.2 Å². The molecule has 7 nitrogen and oxygen atoms in total. The van der Waals surface area contributed by atoms with Crippen LogP contribution in [0.15, 0.2) is 0 Å². The summed E-state index contributed by atoms with van der Waals surface area (Å²) in [6, 6.07) is 0. The predicted molar refractivity (Wildman–Crippen MR) is 102 cm³/mol. The van der Waals surface area contributed by atoms with Crippen molar-refractivity contribution in [2.24, 2.45) is 5.92 Å². The number of carbonyl (C=O) groups is 1. The minimum absolute atomic E-state index is 0.0374. The van der Waals surface area contributed by atoms with E-state index in [0.717, 1.165) is 24.1 Å². The first-order valence-electron chi connectivity index (χ1n) is 9.98. The Morgan fingerprint density at radius 3 is 2.59 bits per heavy atom. The standard InChI is InChI=1S/C20H33N3O4/c1-13-12-16-17(14(2)27-13)21-23(10-11-26-5)18(16)19(24)22-8-6-15(7-9-22)20(3,4)25/h13-15,25H,6-12H2,1-5H3/t13-,14+/m0/s1. The van der Waals surface area contributed by atoms with Crippen LogP contribution < -0.4 is 0 Å². The number of fused-ring (bicyclic) bond motifs is 1. The van der Waals surface area contributed by atoms with Gasteiger partial charge in [-0.15, -0.1) is 0 Å². The predicted octanol–water partition coefficient (Wildman–Crippen LogP) is 2.17. The summed E-state index contributed by atoms with van der Waals surface area (Å²) in [5.41, 5.74) is 1.88. The number of aromatic nitrogens is 2. The third kappa shape index (κ3) is 4.20. The van der Waals surface area contributed by atoms with Gasteiger partial charge in [0.2, 0.25) is 0 Å². The van der Waals surface area contributed by atoms with Crippen LogP contribution >= 0.6 is 0 Å². The van der Waals surface area contributed by atoms with E-state index in [2.05, 4.69) is 0 Å². The van der Waals surface area contributed by atoms with Crippen LogP contribution in [0.1, 0.15) is 68.4 Å². The number of rotatable bonds is 5. The molecular weight excluding hydrogens is 346 g/mol. The van der Waals surface area contributed by atoms with Gasteiger partial charge in [0.15, 0.2) is 0 Å². The number of methoxy groups -OCH3 is 1. The Kier molecular flexibility index (Phi) is 5.93. The van der Waals surface area contributed by atoms with Crippen molar-refractivity contribution < 1.29 is 19.4 Å². The lowest BCUT2D eigenvalue weighted by Crippen LogP contribution is -2.45. The van der Waals surface area contributed by atoms with Gasteiger partial charge >= 0.3 is 0 Å². The Bertz CT molecular complexity index is 672. The summed E-state index contributed by atoms with van der Waals surface area (Å²) in [7, 11) is 1.65. The Labute approximate surface area is 161 Å². The van der Waals surface area contributed by atoms with E-state index in [9.17, 15) is 9.90 Å². The number of hydrogen-bond acceptors (Lipinski definition) is 5. The molecule has 0 spiro atoms. The fourth-order valence-corrected chi connectivity index (χ4v) is 4.31. The summed E-state index contributed by atoms with van der Waals surface area (Å²) in [4.78, 5) is 15.3. The number of aliphatic hydroxyl groups is 1. The highest BCUT2D eigenvalue weighted by molar-refractivity contribution is 5.94. The number of nitrogens with zero attached hydrogens (tertiary/aromatic N) is 3. The lowest BCUT2D eigenvalue weighted by Gasteiger charge is -2.38. The van der Waals surface area contributed by atoms with Gasteiger partial charge in [0.1, 0.15) is 5.69 Å². The zero-order valence-corrected chi connectivity index (χ0v) is 17.2. The van der Waals surface area contributed by atoms with E-state index in [-0.39, 0.29) is 24.0 Å². The van der Waals surface area contributed by atoms with Crippen LogP contribution in [0.5, 0.6) is 0 Å². The first-order chi connectivity index (χ1) is 12.7. The molecule has 0 aliphatic carbocycles. The molecule has 1 aromatic rings. The lowest BCUT2D eigenvalue weighted by molar-refractivity contribution is -0.0115. The monoisotopic (exact) mass is 379 g/mol. The van der Waals surface area contributed by atoms with Gasteiger partial charge < -0.3 is 19.5 Å². The third-order valence-corrected chi connectivity index (χ3v) is 5.89. The van der Waals surface area contributed by atoms with Crippen LogP contribution in [0.3, 0.4) is 0 Å². The summed E-state index contributed by atoms with van der Waals surface area (Å²) in [5, 5.41) is 15.0. The molecule has 7 heteroatoms.